The van der Waals surface area contributed by atoms with Crippen LogP contribution in [0.15, 0.2) is 52.3 Å². The highest BCUT2D eigenvalue weighted by molar-refractivity contribution is 7.99. The second-order valence-electron chi connectivity index (χ2n) is 3.84. The number of methoxy groups -OCH3 is 1. The SMILES string of the molecule is COc1cccc(Sc2ccc(C(=N)N)c(Cl)c2)c1. The van der Waals surface area contributed by atoms with Crippen molar-refractivity contribution in [2.24, 2.45) is 5.73 Å². The average Bonchev–Trinajstić information content (AvgIpc) is 2.38. The topological polar surface area (TPSA) is 59.1 Å². The fourth-order valence-corrected chi connectivity index (χ4v) is 2.83. The van der Waals surface area contributed by atoms with Gasteiger partial charge >= 0.3 is 0 Å². The highest BCUT2D eigenvalue weighted by Gasteiger charge is 2.06. The zero-order chi connectivity index (χ0) is 13.8. The fraction of sp³-hybridized carbons (Fsp3) is 0.0714. The summed E-state index contributed by atoms with van der Waals surface area (Å²) in [6, 6.07) is 13.3. The summed E-state index contributed by atoms with van der Waals surface area (Å²) in [7, 11) is 1.64. The molecule has 0 fully saturated rings. The quantitative estimate of drug-likeness (QED) is 0.666. The molecule has 0 atom stereocenters. The van der Waals surface area contributed by atoms with Gasteiger partial charge < -0.3 is 10.5 Å². The standard InChI is InChI=1S/C14H13ClN2OS/c1-18-9-3-2-4-10(7-9)19-11-5-6-12(14(16)17)13(15)8-11/h2-8H,1H3,(H3,16,17). The molecule has 3 nitrogen and oxygen atoms in total. The molecule has 0 amide bonds. The van der Waals surface area contributed by atoms with Gasteiger partial charge in [-0.2, -0.15) is 0 Å². The summed E-state index contributed by atoms with van der Waals surface area (Å²) >= 11 is 7.67. The number of ether oxygens (including phenoxy) is 1. The lowest BCUT2D eigenvalue weighted by Crippen LogP contribution is -2.11. The predicted molar refractivity (Wildman–Crippen MR) is 79.6 cm³/mol. The van der Waals surface area contributed by atoms with Gasteiger partial charge in [-0.25, -0.2) is 0 Å². The van der Waals surface area contributed by atoms with Gasteiger partial charge in [0, 0.05) is 15.4 Å². The zero-order valence-corrected chi connectivity index (χ0v) is 11.9. The Bertz CT molecular complexity index is 616. The summed E-state index contributed by atoms with van der Waals surface area (Å²) in [5.41, 5.74) is 5.98. The molecule has 2 rings (SSSR count). The van der Waals surface area contributed by atoms with Crippen molar-refractivity contribution in [1.29, 1.82) is 5.41 Å². The molecule has 0 aliphatic rings. The van der Waals surface area contributed by atoms with Crippen molar-refractivity contribution >= 4 is 29.2 Å². The van der Waals surface area contributed by atoms with Crippen molar-refractivity contribution < 1.29 is 4.74 Å². The smallest absolute Gasteiger partial charge is 0.124 e. The lowest BCUT2D eigenvalue weighted by atomic mass is 10.2. The van der Waals surface area contributed by atoms with Crippen molar-refractivity contribution in [3.05, 3.63) is 53.1 Å². The second-order valence-corrected chi connectivity index (χ2v) is 5.39. The molecule has 0 heterocycles. The van der Waals surface area contributed by atoms with Crippen LogP contribution in [0.2, 0.25) is 5.02 Å². The first kappa shape index (κ1) is 13.8. The van der Waals surface area contributed by atoms with E-state index in [0.29, 0.717) is 10.6 Å². The van der Waals surface area contributed by atoms with Crippen LogP contribution >= 0.6 is 23.4 Å². The molecular weight excluding hydrogens is 280 g/mol. The van der Waals surface area contributed by atoms with Gasteiger partial charge in [0.25, 0.3) is 0 Å². The number of nitrogens with two attached hydrogens (primary N) is 1. The molecule has 98 valence electrons. The highest BCUT2D eigenvalue weighted by atomic mass is 35.5. The maximum absolute atomic E-state index is 7.39. The average molecular weight is 293 g/mol. The van der Waals surface area contributed by atoms with Crippen LogP contribution in [-0.2, 0) is 0 Å². The molecule has 2 aromatic rings. The summed E-state index contributed by atoms with van der Waals surface area (Å²) in [6.07, 6.45) is 0. The van der Waals surface area contributed by atoms with Crippen molar-refractivity contribution in [2.75, 3.05) is 7.11 Å². The Kier molecular flexibility index (Phi) is 4.35. The van der Waals surface area contributed by atoms with E-state index >= 15 is 0 Å². The molecule has 5 heteroatoms. The van der Waals surface area contributed by atoms with Crippen LogP contribution in [0, 0.1) is 5.41 Å². The monoisotopic (exact) mass is 292 g/mol. The van der Waals surface area contributed by atoms with Crippen LogP contribution in [0.3, 0.4) is 0 Å². The lowest BCUT2D eigenvalue weighted by molar-refractivity contribution is 0.413. The first-order valence-electron chi connectivity index (χ1n) is 5.56. The first-order valence-corrected chi connectivity index (χ1v) is 6.75. The maximum Gasteiger partial charge on any atom is 0.124 e. The molecular formula is C14H13ClN2OS. The van der Waals surface area contributed by atoms with Crippen molar-refractivity contribution in [1.82, 2.24) is 0 Å². The van der Waals surface area contributed by atoms with Crippen molar-refractivity contribution in [3.63, 3.8) is 0 Å². The molecule has 0 bridgehead atoms. The van der Waals surface area contributed by atoms with Crippen LogP contribution in [0.1, 0.15) is 5.56 Å². The summed E-state index contributed by atoms with van der Waals surface area (Å²) in [4.78, 5) is 2.05. The number of halogens is 1. The van der Waals surface area contributed by atoms with Gasteiger partial charge in [-0.1, -0.05) is 29.4 Å². The van der Waals surface area contributed by atoms with Gasteiger partial charge in [0.1, 0.15) is 11.6 Å². The van der Waals surface area contributed by atoms with Crippen molar-refractivity contribution in [3.8, 4) is 5.75 Å². The first-order chi connectivity index (χ1) is 9.10. The zero-order valence-electron chi connectivity index (χ0n) is 10.3. The molecule has 0 saturated carbocycles. The van der Waals surface area contributed by atoms with Gasteiger partial charge in [0.2, 0.25) is 0 Å². The normalized spacial score (nSPS) is 10.2. The third kappa shape index (κ3) is 3.43. The number of nitrogens with one attached hydrogen (secondary N) is 1. The summed E-state index contributed by atoms with van der Waals surface area (Å²) in [6.45, 7) is 0. The van der Waals surface area contributed by atoms with Crippen molar-refractivity contribution in [2.45, 2.75) is 9.79 Å². The summed E-state index contributed by atoms with van der Waals surface area (Å²) in [5.74, 6) is 0.791. The number of benzene rings is 2. The molecule has 0 radical (unpaired) electrons. The Morgan fingerprint density at radius 1 is 1.21 bits per heavy atom. The fourth-order valence-electron chi connectivity index (χ4n) is 1.58. The van der Waals surface area contributed by atoms with Crippen LogP contribution in [0.4, 0.5) is 0 Å². The minimum atomic E-state index is -0.0251. The van der Waals surface area contributed by atoms with E-state index in [4.69, 9.17) is 27.5 Å². The number of nitrogen functional groups attached to an aromatic ring is 1. The molecule has 0 aliphatic carbocycles. The van der Waals surface area contributed by atoms with Crippen LogP contribution in [0.25, 0.3) is 0 Å². The highest BCUT2D eigenvalue weighted by Crippen LogP contribution is 2.32. The van der Waals surface area contributed by atoms with E-state index in [0.717, 1.165) is 15.5 Å². The molecule has 0 spiro atoms. The Morgan fingerprint density at radius 2 is 1.95 bits per heavy atom. The van der Waals surface area contributed by atoms with Gasteiger partial charge in [-0.15, -0.1) is 0 Å². The Balaban J connectivity index is 2.23. The Labute approximate surface area is 121 Å². The summed E-state index contributed by atoms with van der Waals surface area (Å²) < 4.78 is 5.18. The minimum absolute atomic E-state index is 0.0251. The molecule has 0 saturated heterocycles. The van der Waals surface area contributed by atoms with E-state index in [1.165, 1.54) is 0 Å². The van der Waals surface area contributed by atoms with E-state index in [9.17, 15) is 0 Å². The van der Waals surface area contributed by atoms with Crippen LogP contribution < -0.4 is 10.5 Å². The predicted octanol–water partition coefficient (Wildman–Crippen LogP) is 3.78. The third-order valence-electron chi connectivity index (χ3n) is 2.51. The molecule has 0 unspecified atom stereocenters. The van der Waals surface area contributed by atoms with E-state index in [2.05, 4.69) is 0 Å². The van der Waals surface area contributed by atoms with Crippen LogP contribution in [0.5, 0.6) is 5.75 Å². The van der Waals surface area contributed by atoms with E-state index < -0.39 is 0 Å². The molecule has 0 aliphatic heterocycles. The van der Waals surface area contributed by atoms with E-state index in [1.54, 1.807) is 24.9 Å². The third-order valence-corrected chi connectivity index (χ3v) is 3.80. The number of hydrogen-bond acceptors (Lipinski definition) is 3. The number of rotatable bonds is 4. The second kappa shape index (κ2) is 5.99. The number of amidine groups is 1. The Morgan fingerprint density at radius 3 is 2.58 bits per heavy atom. The molecule has 3 N–H and O–H groups in total. The van der Waals surface area contributed by atoms with E-state index in [-0.39, 0.29) is 5.84 Å². The molecule has 0 aromatic heterocycles. The summed E-state index contributed by atoms with van der Waals surface area (Å²) in [5, 5.41) is 7.88. The van der Waals surface area contributed by atoms with Gasteiger partial charge in [0.15, 0.2) is 0 Å². The number of hydrogen-bond donors (Lipinski definition) is 2. The lowest BCUT2D eigenvalue weighted by Gasteiger charge is -2.07. The van der Waals surface area contributed by atoms with Gasteiger partial charge in [-0.3, -0.25) is 5.41 Å². The van der Waals surface area contributed by atoms with E-state index in [1.807, 2.05) is 36.4 Å². The molecule has 19 heavy (non-hydrogen) atoms. The van der Waals surface area contributed by atoms with Crippen LogP contribution in [-0.4, -0.2) is 12.9 Å². The molecule has 2 aromatic carbocycles. The van der Waals surface area contributed by atoms with Gasteiger partial charge in [0.05, 0.1) is 12.1 Å². The van der Waals surface area contributed by atoms with Gasteiger partial charge in [-0.05, 0) is 36.4 Å². The largest absolute Gasteiger partial charge is 0.497 e. The maximum atomic E-state index is 7.39. The Hall–Kier alpha value is -1.65. The minimum Gasteiger partial charge on any atom is -0.497 e.